The Morgan fingerprint density at radius 1 is 1.16 bits per heavy atom. The van der Waals surface area contributed by atoms with Crippen molar-refractivity contribution in [1.82, 2.24) is 4.57 Å². The first kappa shape index (κ1) is 13.4. The fraction of sp³-hybridized carbons (Fsp3) is 0.312. The lowest BCUT2D eigenvalue weighted by Gasteiger charge is -2.13. The third-order valence-corrected chi connectivity index (χ3v) is 3.36. The third-order valence-electron chi connectivity index (χ3n) is 3.36. The lowest BCUT2D eigenvalue weighted by atomic mass is 9.98. The molecule has 100 valence electrons. The third kappa shape index (κ3) is 3.71. The summed E-state index contributed by atoms with van der Waals surface area (Å²) in [7, 11) is 0. The molecule has 1 N–H and O–H groups in total. The zero-order valence-electron chi connectivity index (χ0n) is 11.1. The number of carboxylic acids is 1. The van der Waals surface area contributed by atoms with Gasteiger partial charge in [0.05, 0.1) is 5.92 Å². The minimum Gasteiger partial charge on any atom is -0.481 e. The van der Waals surface area contributed by atoms with Crippen molar-refractivity contribution in [2.24, 2.45) is 5.92 Å². The van der Waals surface area contributed by atoms with Crippen LogP contribution in [-0.2, 0) is 24.2 Å². The second kappa shape index (κ2) is 6.23. The lowest BCUT2D eigenvalue weighted by Crippen LogP contribution is -2.21. The molecule has 0 radical (unpaired) electrons. The maximum Gasteiger partial charge on any atom is 0.308 e. The Labute approximate surface area is 113 Å². The maximum absolute atomic E-state index is 11.3. The van der Waals surface area contributed by atoms with Gasteiger partial charge >= 0.3 is 5.97 Å². The standard InChI is InChI=1S/C16H19NO2/c1-2-13-5-7-14(8-6-13)11-15(16(18)19)12-17-9-3-4-10-17/h3-10,15H,2,11-12H2,1H3,(H,18,19). The molecule has 1 aromatic carbocycles. The van der Waals surface area contributed by atoms with E-state index in [9.17, 15) is 9.90 Å². The van der Waals surface area contributed by atoms with E-state index < -0.39 is 5.97 Å². The normalized spacial score (nSPS) is 12.3. The van der Waals surface area contributed by atoms with Gasteiger partial charge < -0.3 is 9.67 Å². The average molecular weight is 257 g/mol. The molecule has 2 aromatic rings. The molecule has 1 atom stereocenters. The fourth-order valence-corrected chi connectivity index (χ4v) is 2.17. The molecule has 2 rings (SSSR count). The van der Waals surface area contributed by atoms with Gasteiger partial charge in [-0.15, -0.1) is 0 Å². The van der Waals surface area contributed by atoms with Crippen LogP contribution in [0.15, 0.2) is 48.8 Å². The Bertz CT molecular complexity index is 514. The van der Waals surface area contributed by atoms with Gasteiger partial charge in [-0.2, -0.15) is 0 Å². The molecule has 0 saturated carbocycles. The molecule has 1 aromatic heterocycles. The van der Waals surface area contributed by atoms with Crippen LogP contribution in [0.1, 0.15) is 18.1 Å². The van der Waals surface area contributed by atoms with Crippen molar-refractivity contribution < 1.29 is 9.90 Å². The molecule has 1 heterocycles. The predicted molar refractivity (Wildman–Crippen MR) is 75.1 cm³/mol. The quantitative estimate of drug-likeness (QED) is 0.864. The van der Waals surface area contributed by atoms with Crippen LogP contribution in [0.2, 0.25) is 0 Å². The van der Waals surface area contributed by atoms with E-state index in [1.54, 1.807) is 0 Å². The van der Waals surface area contributed by atoms with Crippen LogP contribution < -0.4 is 0 Å². The molecule has 0 amide bonds. The monoisotopic (exact) mass is 257 g/mol. The number of nitrogens with zero attached hydrogens (tertiary/aromatic N) is 1. The van der Waals surface area contributed by atoms with Crippen LogP contribution in [0.25, 0.3) is 0 Å². The zero-order chi connectivity index (χ0) is 13.7. The summed E-state index contributed by atoms with van der Waals surface area (Å²) in [5.74, 6) is -1.13. The van der Waals surface area contributed by atoms with Crippen LogP contribution in [-0.4, -0.2) is 15.6 Å². The summed E-state index contributed by atoms with van der Waals surface area (Å²) in [6.45, 7) is 2.62. The minimum atomic E-state index is -0.742. The topological polar surface area (TPSA) is 42.2 Å². The van der Waals surface area contributed by atoms with E-state index >= 15 is 0 Å². The highest BCUT2D eigenvalue weighted by Gasteiger charge is 2.18. The molecule has 1 unspecified atom stereocenters. The number of hydrogen-bond donors (Lipinski definition) is 1. The van der Waals surface area contributed by atoms with E-state index in [2.05, 4.69) is 19.1 Å². The first-order chi connectivity index (χ1) is 9.19. The van der Waals surface area contributed by atoms with Crippen molar-refractivity contribution in [1.29, 1.82) is 0 Å². The van der Waals surface area contributed by atoms with Crippen molar-refractivity contribution in [2.75, 3.05) is 0 Å². The van der Waals surface area contributed by atoms with Gasteiger partial charge in [0.25, 0.3) is 0 Å². The van der Waals surface area contributed by atoms with E-state index in [4.69, 9.17) is 0 Å². The predicted octanol–water partition coefficient (Wildman–Crippen LogP) is 2.99. The number of rotatable bonds is 6. The molecule has 0 fully saturated rings. The first-order valence-corrected chi connectivity index (χ1v) is 6.60. The first-order valence-electron chi connectivity index (χ1n) is 6.60. The van der Waals surface area contributed by atoms with Gasteiger partial charge in [-0.3, -0.25) is 4.79 Å². The van der Waals surface area contributed by atoms with E-state index in [1.165, 1.54) is 5.56 Å². The molecule has 0 aliphatic heterocycles. The number of hydrogen-bond acceptors (Lipinski definition) is 1. The molecule has 3 heteroatoms. The molecular formula is C16H19NO2. The molecule has 19 heavy (non-hydrogen) atoms. The number of aryl methyl sites for hydroxylation is 1. The van der Waals surface area contributed by atoms with Crippen LogP contribution in [0.5, 0.6) is 0 Å². The highest BCUT2D eigenvalue weighted by atomic mass is 16.4. The van der Waals surface area contributed by atoms with Crippen molar-refractivity contribution in [3.05, 3.63) is 59.9 Å². The Morgan fingerprint density at radius 2 is 1.74 bits per heavy atom. The molecule has 0 aliphatic carbocycles. The second-order valence-corrected chi connectivity index (χ2v) is 4.79. The van der Waals surface area contributed by atoms with Crippen LogP contribution in [0.4, 0.5) is 0 Å². The number of aromatic nitrogens is 1. The average Bonchev–Trinajstić information content (AvgIpc) is 2.91. The van der Waals surface area contributed by atoms with E-state index in [0.717, 1.165) is 12.0 Å². The maximum atomic E-state index is 11.3. The number of benzene rings is 1. The van der Waals surface area contributed by atoms with Gasteiger partial charge in [0.2, 0.25) is 0 Å². The molecule has 3 nitrogen and oxygen atoms in total. The Morgan fingerprint density at radius 3 is 2.26 bits per heavy atom. The van der Waals surface area contributed by atoms with Crippen molar-refractivity contribution >= 4 is 5.97 Å². The smallest absolute Gasteiger partial charge is 0.308 e. The number of carboxylic acid groups (broad SMARTS) is 1. The zero-order valence-corrected chi connectivity index (χ0v) is 11.1. The van der Waals surface area contributed by atoms with Gasteiger partial charge in [-0.05, 0) is 36.1 Å². The van der Waals surface area contributed by atoms with Gasteiger partial charge in [-0.1, -0.05) is 31.2 Å². The molecule has 0 saturated heterocycles. The molecule has 0 spiro atoms. The number of aliphatic carboxylic acids is 1. The lowest BCUT2D eigenvalue weighted by molar-refractivity contribution is -0.142. The summed E-state index contributed by atoms with van der Waals surface area (Å²) >= 11 is 0. The van der Waals surface area contributed by atoms with Gasteiger partial charge in [-0.25, -0.2) is 0 Å². The van der Waals surface area contributed by atoms with Crippen molar-refractivity contribution in [3.8, 4) is 0 Å². The summed E-state index contributed by atoms with van der Waals surface area (Å²) in [5.41, 5.74) is 2.36. The van der Waals surface area contributed by atoms with Crippen LogP contribution in [0.3, 0.4) is 0 Å². The van der Waals surface area contributed by atoms with Gasteiger partial charge in [0.1, 0.15) is 0 Å². The fourth-order valence-electron chi connectivity index (χ4n) is 2.17. The Balaban J connectivity index is 2.05. The van der Waals surface area contributed by atoms with Gasteiger partial charge in [0.15, 0.2) is 0 Å². The summed E-state index contributed by atoms with van der Waals surface area (Å²) in [6.07, 6.45) is 5.37. The molecule has 0 bridgehead atoms. The summed E-state index contributed by atoms with van der Waals surface area (Å²) in [4.78, 5) is 11.3. The number of carbonyl (C=O) groups is 1. The summed E-state index contributed by atoms with van der Waals surface area (Å²) < 4.78 is 1.92. The SMILES string of the molecule is CCc1ccc(CC(Cn2cccc2)C(=O)O)cc1. The van der Waals surface area contributed by atoms with Gasteiger partial charge in [0, 0.05) is 18.9 Å². The largest absolute Gasteiger partial charge is 0.481 e. The van der Waals surface area contributed by atoms with Crippen LogP contribution >= 0.6 is 0 Å². The minimum absolute atomic E-state index is 0.389. The second-order valence-electron chi connectivity index (χ2n) is 4.79. The van der Waals surface area contributed by atoms with Crippen molar-refractivity contribution in [2.45, 2.75) is 26.3 Å². The summed E-state index contributed by atoms with van der Waals surface area (Å²) in [6, 6.07) is 12.0. The highest BCUT2D eigenvalue weighted by Crippen LogP contribution is 2.13. The summed E-state index contributed by atoms with van der Waals surface area (Å²) in [5, 5.41) is 9.32. The van der Waals surface area contributed by atoms with Crippen molar-refractivity contribution in [3.63, 3.8) is 0 Å². The Kier molecular flexibility index (Phi) is 4.39. The molecule has 0 aliphatic rings. The van der Waals surface area contributed by atoms with E-state index in [1.807, 2.05) is 41.2 Å². The molecular weight excluding hydrogens is 238 g/mol. The van der Waals surface area contributed by atoms with E-state index in [-0.39, 0.29) is 5.92 Å². The van der Waals surface area contributed by atoms with E-state index in [0.29, 0.717) is 13.0 Å². The van der Waals surface area contributed by atoms with Crippen LogP contribution in [0, 0.1) is 5.92 Å². The Hall–Kier alpha value is -2.03. The highest BCUT2D eigenvalue weighted by molar-refractivity contribution is 5.70.